The van der Waals surface area contributed by atoms with Gasteiger partial charge in [0.15, 0.2) is 0 Å². The smallest absolute Gasteiger partial charge is 0.229 e. The Morgan fingerprint density at radius 1 is 1.65 bits per heavy atom. The third kappa shape index (κ3) is 2.43. The zero-order valence-corrected chi connectivity index (χ0v) is 11.3. The first-order valence-corrected chi connectivity index (χ1v) is 6.25. The number of carbonyl (C=O) groups is 1. The lowest BCUT2D eigenvalue weighted by Crippen LogP contribution is -2.41. The summed E-state index contributed by atoms with van der Waals surface area (Å²) >= 11 is 11.9. The zero-order valence-electron chi connectivity index (χ0n) is 9.78. The van der Waals surface area contributed by atoms with Crippen molar-refractivity contribution < 1.29 is 4.79 Å². The third-order valence-corrected chi connectivity index (χ3v) is 4.28. The molecule has 0 saturated heterocycles. The first-order valence-electron chi connectivity index (χ1n) is 5.50. The maximum absolute atomic E-state index is 12.0. The Kier molecular flexibility index (Phi) is 3.12. The SMILES string of the molecule is CC(Cn1ccnc1)NC(=O)C1(C)CC1(Cl)Cl. The van der Waals surface area contributed by atoms with Gasteiger partial charge >= 0.3 is 0 Å². The summed E-state index contributed by atoms with van der Waals surface area (Å²) in [5.74, 6) is -0.0879. The van der Waals surface area contributed by atoms with E-state index in [0.717, 1.165) is 0 Å². The molecule has 0 aromatic carbocycles. The van der Waals surface area contributed by atoms with Crippen molar-refractivity contribution in [2.75, 3.05) is 0 Å². The van der Waals surface area contributed by atoms with Gasteiger partial charge in [-0.15, -0.1) is 23.2 Å². The van der Waals surface area contributed by atoms with Gasteiger partial charge in [-0.1, -0.05) is 0 Å². The molecule has 1 aliphatic rings. The molecule has 1 fully saturated rings. The average Bonchev–Trinajstić information content (AvgIpc) is 2.64. The molecule has 0 aliphatic heterocycles. The summed E-state index contributed by atoms with van der Waals surface area (Å²) in [5, 5.41) is 2.92. The molecule has 2 unspecified atom stereocenters. The summed E-state index contributed by atoms with van der Waals surface area (Å²) in [6, 6.07) is 0.0123. The molecule has 1 heterocycles. The molecule has 2 rings (SSSR count). The van der Waals surface area contributed by atoms with Gasteiger partial charge in [0.25, 0.3) is 0 Å². The fraction of sp³-hybridized carbons (Fsp3) is 0.636. The number of amides is 1. The van der Waals surface area contributed by atoms with Crippen molar-refractivity contribution in [3.8, 4) is 0 Å². The molecular formula is C11H15Cl2N3O. The standard InChI is InChI=1S/C11H15Cl2N3O/c1-8(5-16-4-3-14-7-16)15-9(17)10(2)6-11(10,12)13/h3-4,7-8H,5-6H2,1-2H3,(H,15,17). The van der Waals surface area contributed by atoms with Gasteiger partial charge in [-0.25, -0.2) is 4.98 Å². The number of carbonyl (C=O) groups excluding carboxylic acids is 1. The van der Waals surface area contributed by atoms with Crippen LogP contribution in [0.15, 0.2) is 18.7 Å². The number of nitrogens with one attached hydrogen (secondary N) is 1. The van der Waals surface area contributed by atoms with E-state index in [0.29, 0.717) is 13.0 Å². The molecular weight excluding hydrogens is 261 g/mol. The minimum atomic E-state index is -0.911. The number of aromatic nitrogens is 2. The Bertz CT molecular complexity index is 418. The maximum Gasteiger partial charge on any atom is 0.229 e. The van der Waals surface area contributed by atoms with Gasteiger partial charge < -0.3 is 9.88 Å². The number of nitrogens with zero attached hydrogens (tertiary/aromatic N) is 2. The second-order valence-corrected chi connectivity index (χ2v) is 6.33. The number of hydrogen-bond donors (Lipinski definition) is 1. The summed E-state index contributed by atoms with van der Waals surface area (Å²) in [7, 11) is 0. The molecule has 1 aromatic heterocycles. The highest BCUT2D eigenvalue weighted by Crippen LogP contribution is 2.63. The van der Waals surface area contributed by atoms with Gasteiger partial charge in [0, 0.05) is 25.0 Å². The summed E-state index contributed by atoms with van der Waals surface area (Å²) < 4.78 is 1.00. The number of rotatable bonds is 4. The molecule has 2 atom stereocenters. The van der Waals surface area contributed by atoms with Crippen molar-refractivity contribution in [3.05, 3.63) is 18.7 Å². The predicted octanol–water partition coefficient (Wildman–Crippen LogP) is 1.97. The van der Waals surface area contributed by atoms with Crippen LogP contribution in [0, 0.1) is 5.41 Å². The van der Waals surface area contributed by atoms with Crippen molar-refractivity contribution in [1.82, 2.24) is 14.9 Å². The molecule has 0 radical (unpaired) electrons. The van der Waals surface area contributed by atoms with E-state index in [4.69, 9.17) is 23.2 Å². The zero-order chi connectivity index (χ0) is 12.7. The van der Waals surface area contributed by atoms with Crippen molar-refractivity contribution in [2.24, 2.45) is 5.41 Å². The van der Waals surface area contributed by atoms with E-state index < -0.39 is 9.75 Å². The fourth-order valence-corrected chi connectivity index (χ4v) is 2.49. The van der Waals surface area contributed by atoms with Gasteiger partial charge in [-0.3, -0.25) is 4.79 Å². The summed E-state index contributed by atoms with van der Waals surface area (Å²) in [5.41, 5.74) is -0.653. The van der Waals surface area contributed by atoms with Gasteiger partial charge in [0.2, 0.25) is 5.91 Å². The van der Waals surface area contributed by atoms with Crippen LogP contribution in [0.2, 0.25) is 0 Å². The molecule has 1 aromatic rings. The summed E-state index contributed by atoms with van der Waals surface area (Å²) in [6.45, 7) is 4.40. The van der Waals surface area contributed by atoms with Crippen LogP contribution in [-0.2, 0) is 11.3 Å². The lowest BCUT2D eigenvalue weighted by atomic mass is 10.1. The van der Waals surface area contributed by atoms with Crippen LogP contribution in [0.25, 0.3) is 0 Å². The second kappa shape index (κ2) is 4.18. The van der Waals surface area contributed by atoms with Crippen LogP contribution in [0.4, 0.5) is 0 Å². The Balaban J connectivity index is 1.88. The van der Waals surface area contributed by atoms with Crippen molar-refractivity contribution in [2.45, 2.75) is 37.2 Å². The third-order valence-electron chi connectivity index (χ3n) is 3.18. The summed E-state index contributed by atoms with van der Waals surface area (Å²) in [6.07, 6.45) is 5.79. The number of halogens is 2. The van der Waals surface area contributed by atoms with E-state index >= 15 is 0 Å². The predicted molar refractivity (Wildman–Crippen MR) is 67.0 cm³/mol. The molecule has 94 valence electrons. The fourth-order valence-electron chi connectivity index (χ4n) is 1.79. The number of imidazole rings is 1. The van der Waals surface area contributed by atoms with E-state index in [-0.39, 0.29) is 11.9 Å². The molecule has 1 aliphatic carbocycles. The van der Waals surface area contributed by atoms with Crippen LogP contribution in [0.1, 0.15) is 20.3 Å². The molecule has 17 heavy (non-hydrogen) atoms. The Morgan fingerprint density at radius 2 is 2.29 bits per heavy atom. The van der Waals surface area contributed by atoms with E-state index in [1.54, 1.807) is 19.4 Å². The van der Waals surface area contributed by atoms with Gasteiger partial charge in [-0.05, 0) is 20.3 Å². The van der Waals surface area contributed by atoms with Crippen LogP contribution in [0.5, 0.6) is 0 Å². The van der Waals surface area contributed by atoms with E-state index in [1.807, 2.05) is 17.7 Å². The van der Waals surface area contributed by atoms with Gasteiger partial charge in [0.1, 0.15) is 4.33 Å². The first kappa shape index (κ1) is 12.7. The second-order valence-electron chi connectivity index (χ2n) is 4.85. The lowest BCUT2D eigenvalue weighted by Gasteiger charge is -2.18. The number of alkyl halides is 2. The average molecular weight is 276 g/mol. The molecule has 0 bridgehead atoms. The minimum absolute atomic E-state index is 0.0123. The molecule has 0 spiro atoms. The highest BCUT2D eigenvalue weighted by Gasteiger charge is 2.67. The first-order chi connectivity index (χ1) is 7.85. The van der Waals surface area contributed by atoms with Crippen LogP contribution >= 0.6 is 23.2 Å². The topological polar surface area (TPSA) is 46.9 Å². The molecule has 1 N–H and O–H groups in total. The largest absolute Gasteiger partial charge is 0.351 e. The van der Waals surface area contributed by atoms with Gasteiger partial charge in [-0.2, -0.15) is 0 Å². The quantitative estimate of drug-likeness (QED) is 0.855. The Hall–Kier alpha value is -0.740. The summed E-state index contributed by atoms with van der Waals surface area (Å²) in [4.78, 5) is 15.9. The highest BCUT2D eigenvalue weighted by molar-refractivity contribution is 6.53. The Morgan fingerprint density at radius 3 is 2.76 bits per heavy atom. The van der Waals surface area contributed by atoms with E-state index in [2.05, 4.69) is 10.3 Å². The van der Waals surface area contributed by atoms with Crippen molar-refractivity contribution >= 4 is 29.1 Å². The van der Waals surface area contributed by atoms with Crippen LogP contribution in [0.3, 0.4) is 0 Å². The highest BCUT2D eigenvalue weighted by atomic mass is 35.5. The lowest BCUT2D eigenvalue weighted by molar-refractivity contribution is -0.126. The molecule has 1 saturated carbocycles. The van der Waals surface area contributed by atoms with Crippen LogP contribution in [-0.4, -0.2) is 25.8 Å². The Labute approximate surface area is 110 Å². The molecule has 4 nitrogen and oxygen atoms in total. The normalized spacial score (nSPS) is 27.5. The molecule has 1 amide bonds. The minimum Gasteiger partial charge on any atom is -0.351 e. The maximum atomic E-state index is 12.0. The molecule has 6 heteroatoms. The van der Waals surface area contributed by atoms with Crippen molar-refractivity contribution in [1.29, 1.82) is 0 Å². The number of hydrogen-bond acceptors (Lipinski definition) is 2. The van der Waals surface area contributed by atoms with E-state index in [1.165, 1.54) is 0 Å². The monoisotopic (exact) mass is 275 g/mol. The van der Waals surface area contributed by atoms with E-state index in [9.17, 15) is 4.79 Å². The van der Waals surface area contributed by atoms with Gasteiger partial charge in [0.05, 0.1) is 11.7 Å². The van der Waals surface area contributed by atoms with Crippen LogP contribution < -0.4 is 5.32 Å². The van der Waals surface area contributed by atoms with Crippen molar-refractivity contribution in [3.63, 3.8) is 0 Å².